The van der Waals surface area contributed by atoms with Crippen LogP contribution in [0.25, 0.3) is 0 Å². The zero-order chi connectivity index (χ0) is 16.1. The number of anilines is 1. The summed E-state index contributed by atoms with van der Waals surface area (Å²) in [6.45, 7) is 8.45. The average Bonchev–Trinajstić information content (AvgIpc) is 2.98. The molecule has 0 radical (unpaired) electrons. The quantitative estimate of drug-likeness (QED) is 0.815. The predicted molar refractivity (Wildman–Crippen MR) is 88.4 cm³/mol. The standard InChI is InChI=1S/C16H21N3O2S/c1-5-21-16(20)12-6-7-14(17-8-12)18-11(4)13-9-22-15(19-13)10(2)3/h6-11H,5H2,1-4H3,(H,17,18). The van der Waals surface area contributed by atoms with E-state index in [2.05, 4.69) is 34.5 Å². The normalized spacial score (nSPS) is 12.2. The lowest BCUT2D eigenvalue weighted by molar-refractivity contribution is 0.0526. The molecule has 5 nitrogen and oxygen atoms in total. The topological polar surface area (TPSA) is 64.1 Å². The van der Waals surface area contributed by atoms with E-state index in [0.717, 1.165) is 10.7 Å². The van der Waals surface area contributed by atoms with Gasteiger partial charge in [-0.2, -0.15) is 0 Å². The van der Waals surface area contributed by atoms with E-state index in [1.807, 2.05) is 6.92 Å². The molecule has 0 amide bonds. The Labute approximate surface area is 134 Å². The summed E-state index contributed by atoms with van der Waals surface area (Å²) in [5.74, 6) is 0.795. The molecule has 2 rings (SSSR count). The molecule has 2 aromatic rings. The van der Waals surface area contributed by atoms with Gasteiger partial charge in [0.2, 0.25) is 0 Å². The van der Waals surface area contributed by atoms with Gasteiger partial charge in [-0.25, -0.2) is 14.8 Å². The van der Waals surface area contributed by atoms with Crippen LogP contribution in [0.2, 0.25) is 0 Å². The van der Waals surface area contributed by atoms with Crippen LogP contribution < -0.4 is 5.32 Å². The highest BCUT2D eigenvalue weighted by Crippen LogP contribution is 2.24. The van der Waals surface area contributed by atoms with Gasteiger partial charge < -0.3 is 10.1 Å². The van der Waals surface area contributed by atoms with Crippen LogP contribution in [0.4, 0.5) is 5.82 Å². The van der Waals surface area contributed by atoms with E-state index in [1.54, 1.807) is 30.4 Å². The SMILES string of the molecule is CCOC(=O)c1ccc(NC(C)c2csc(C(C)C)n2)nc1. The molecule has 118 valence electrons. The molecule has 2 aromatic heterocycles. The van der Waals surface area contributed by atoms with Crippen LogP contribution >= 0.6 is 11.3 Å². The predicted octanol–water partition coefficient (Wildman–Crippen LogP) is 4.01. The minimum atomic E-state index is -0.351. The van der Waals surface area contributed by atoms with Crippen LogP contribution in [0.5, 0.6) is 0 Å². The molecule has 22 heavy (non-hydrogen) atoms. The third-order valence-corrected chi connectivity index (χ3v) is 4.28. The lowest BCUT2D eigenvalue weighted by atomic mass is 10.2. The van der Waals surface area contributed by atoms with E-state index in [-0.39, 0.29) is 12.0 Å². The van der Waals surface area contributed by atoms with Crippen molar-refractivity contribution < 1.29 is 9.53 Å². The van der Waals surface area contributed by atoms with Crippen LogP contribution in [-0.2, 0) is 4.74 Å². The van der Waals surface area contributed by atoms with Crippen molar-refractivity contribution in [2.75, 3.05) is 11.9 Å². The molecule has 0 fully saturated rings. The second kappa shape index (κ2) is 7.35. The zero-order valence-corrected chi connectivity index (χ0v) is 14.1. The Hall–Kier alpha value is -1.95. The van der Waals surface area contributed by atoms with Crippen molar-refractivity contribution in [2.24, 2.45) is 0 Å². The number of nitrogens with zero attached hydrogens (tertiary/aromatic N) is 2. The molecule has 0 saturated carbocycles. The summed E-state index contributed by atoms with van der Waals surface area (Å²) in [4.78, 5) is 20.5. The summed E-state index contributed by atoms with van der Waals surface area (Å²) in [7, 11) is 0. The molecular formula is C16H21N3O2S. The fourth-order valence-corrected chi connectivity index (χ4v) is 2.80. The Morgan fingerprint density at radius 2 is 2.14 bits per heavy atom. The monoisotopic (exact) mass is 319 g/mol. The summed E-state index contributed by atoms with van der Waals surface area (Å²) in [6, 6.07) is 3.55. The molecule has 6 heteroatoms. The number of hydrogen-bond donors (Lipinski definition) is 1. The van der Waals surface area contributed by atoms with Gasteiger partial charge in [0.15, 0.2) is 0 Å². The largest absolute Gasteiger partial charge is 0.462 e. The number of rotatable bonds is 6. The van der Waals surface area contributed by atoms with Gasteiger partial charge in [-0.3, -0.25) is 0 Å². The second-order valence-electron chi connectivity index (χ2n) is 5.28. The van der Waals surface area contributed by atoms with Crippen molar-refractivity contribution in [1.29, 1.82) is 0 Å². The van der Waals surface area contributed by atoms with Gasteiger partial charge in [-0.05, 0) is 26.0 Å². The minimum absolute atomic E-state index is 0.0599. The number of hydrogen-bond acceptors (Lipinski definition) is 6. The molecule has 0 bridgehead atoms. The highest BCUT2D eigenvalue weighted by atomic mass is 32.1. The Kier molecular flexibility index (Phi) is 5.49. The molecule has 0 aliphatic carbocycles. The van der Waals surface area contributed by atoms with Crippen LogP contribution in [-0.4, -0.2) is 22.5 Å². The smallest absolute Gasteiger partial charge is 0.339 e. The van der Waals surface area contributed by atoms with Crippen molar-refractivity contribution in [3.8, 4) is 0 Å². The number of carbonyl (C=O) groups excluding carboxylic acids is 1. The first-order valence-corrected chi connectivity index (χ1v) is 8.24. The van der Waals surface area contributed by atoms with E-state index in [9.17, 15) is 4.79 Å². The first-order chi connectivity index (χ1) is 10.5. The Bertz CT molecular complexity index is 623. The van der Waals surface area contributed by atoms with E-state index in [1.165, 1.54) is 6.20 Å². The maximum absolute atomic E-state index is 11.6. The third kappa shape index (κ3) is 4.04. The minimum Gasteiger partial charge on any atom is -0.462 e. The molecule has 0 spiro atoms. The molecule has 0 aliphatic heterocycles. The van der Waals surface area contributed by atoms with Crippen LogP contribution in [0.15, 0.2) is 23.7 Å². The van der Waals surface area contributed by atoms with Gasteiger partial charge in [0.1, 0.15) is 5.82 Å². The summed E-state index contributed by atoms with van der Waals surface area (Å²) in [5, 5.41) is 6.49. The molecule has 0 aliphatic rings. The number of pyridine rings is 1. The number of nitrogens with one attached hydrogen (secondary N) is 1. The lowest BCUT2D eigenvalue weighted by Gasteiger charge is -2.12. The molecule has 1 N–H and O–H groups in total. The van der Waals surface area contributed by atoms with Gasteiger partial charge in [0.25, 0.3) is 0 Å². The number of esters is 1. The van der Waals surface area contributed by atoms with Crippen LogP contribution in [0, 0.1) is 0 Å². The van der Waals surface area contributed by atoms with E-state index >= 15 is 0 Å². The zero-order valence-electron chi connectivity index (χ0n) is 13.3. The summed E-state index contributed by atoms with van der Waals surface area (Å²) in [6.07, 6.45) is 1.52. The van der Waals surface area contributed by atoms with E-state index in [4.69, 9.17) is 4.74 Å². The van der Waals surface area contributed by atoms with Crippen molar-refractivity contribution in [3.63, 3.8) is 0 Å². The fourth-order valence-electron chi connectivity index (χ4n) is 1.87. The van der Waals surface area contributed by atoms with Crippen molar-refractivity contribution >= 4 is 23.1 Å². The summed E-state index contributed by atoms with van der Waals surface area (Å²) >= 11 is 1.68. The van der Waals surface area contributed by atoms with E-state index < -0.39 is 0 Å². The van der Waals surface area contributed by atoms with Gasteiger partial charge in [0.05, 0.1) is 28.9 Å². The number of carbonyl (C=O) groups is 1. The summed E-state index contributed by atoms with van der Waals surface area (Å²) < 4.78 is 4.94. The van der Waals surface area contributed by atoms with Crippen LogP contribution in [0.1, 0.15) is 60.7 Å². The molecule has 1 atom stereocenters. The maximum Gasteiger partial charge on any atom is 0.339 e. The number of ether oxygens (including phenoxy) is 1. The second-order valence-corrected chi connectivity index (χ2v) is 6.17. The van der Waals surface area contributed by atoms with Gasteiger partial charge in [0, 0.05) is 17.5 Å². The van der Waals surface area contributed by atoms with Gasteiger partial charge in [-0.1, -0.05) is 13.8 Å². The van der Waals surface area contributed by atoms with E-state index in [0.29, 0.717) is 23.9 Å². The maximum atomic E-state index is 11.6. The molecule has 1 unspecified atom stereocenters. The Morgan fingerprint density at radius 3 is 2.68 bits per heavy atom. The first-order valence-electron chi connectivity index (χ1n) is 7.36. The van der Waals surface area contributed by atoms with Crippen molar-refractivity contribution in [3.05, 3.63) is 40.0 Å². The Morgan fingerprint density at radius 1 is 1.36 bits per heavy atom. The molecular weight excluding hydrogens is 298 g/mol. The van der Waals surface area contributed by atoms with Gasteiger partial charge in [-0.15, -0.1) is 11.3 Å². The summed E-state index contributed by atoms with van der Waals surface area (Å²) in [5.41, 5.74) is 1.46. The lowest BCUT2D eigenvalue weighted by Crippen LogP contribution is -2.10. The highest BCUT2D eigenvalue weighted by molar-refractivity contribution is 7.09. The number of thiazole rings is 1. The first kappa shape index (κ1) is 16.4. The van der Waals surface area contributed by atoms with Crippen molar-refractivity contribution in [2.45, 2.75) is 39.7 Å². The average molecular weight is 319 g/mol. The van der Waals surface area contributed by atoms with Crippen molar-refractivity contribution in [1.82, 2.24) is 9.97 Å². The van der Waals surface area contributed by atoms with Gasteiger partial charge >= 0.3 is 5.97 Å². The Balaban J connectivity index is 2.01. The molecule has 0 saturated heterocycles. The fraction of sp³-hybridized carbons (Fsp3) is 0.438. The third-order valence-electron chi connectivity index (χ3n) is 3.12. The highest BCUT2D eigenvalue weighted by Gasteiger charge is 2.13. The molecule has 2 heterocycles. The molecule has 0 aromatic carbocycles. The number of aromatic nitrogens is 2. The van der Waals surface area contributed by atoms with Crippen LogP contribution in [0.3, 0.4) is 0 Å².